The number of rotatable bonds is 13. The number of carbonyl (C=O) groups excluding carboxylic acids is 3. The van der Waals surface area contributed by atoms with Crippen molar-refractivity contribution >= 4 is 17.6 Å². The van der Waals surface area contributed by atoms with E-state index in [0.29, 0.717) is 51.6 Å². The first-order valence-corrected chi connectivity index (χ1v) is 10.2. The van der Waals surface area contributed by atoms with Gasteiger partial charge in [-0.15, -0.1) is 0 Å². The fourth-order valence-electron chi connectivity index (χ4n) is 3.09. The molecule has 0 bridgehead atoms. The molecular weight excluding hydrogens is 348 g/mol. The molecule has 7 heteroatoms. The molecule has 0 radical (unpaired) electrons. The number of ether oxygens (including phenoxy) is 2. The molecule has 0 heterocycles. The lowest BCUT2D eigenvalue weighted by atomic mass is 9.83. The lowest BCUT2D eigenvalue weighted by molar-refractivity contribution is -0.125. The summed E-state index contributed by atoms with van der Waals surface area (Å²) in [6.45, 7) is 7.77. The Kier molecular flexibility index (Phi) is 11.9. The van der Waals surface area contributed by atoms with Crippen LogP contribution >= 0.6 is 0 Å². The molecule has 0 aromatic carbocycles. The summed E-state index contributed by atoms with van der Waals surface area (Å²) in [6, 6.07) is 0.183. The summed E-state index contributed by atoms with van der Waals surface area (Å²) >= 11 is 0. The molecule has 7 nitrogen and oxygen atoms in total. The molecule has 0 saturated heterocycles. The van der Waals surface area contributed by atoms with Crippen molar-refractivity contribution in [2.45, 2.75) is 65.3 Å². The molecule has 1 aliphatic carbocycles. The Labute approximate surface area is 162 Å². The fraction of sp³-hybridized carbons (Fsp3) is 0.850. The average Bonchev–Trinajstić information content (AvgIpc) is 2.66. The summed E-state index contributed by atoms with van der Waals surface area (Å²) < 4.78 is 10.8. The van der Waals surface area contributed by atoms with E-state index >= 15 is 0 Å². The largest absolute Gasteiger partial charge is 0.379 e. The van der Waals surface area contributed by atoms with Crippen LogP contribution in [0, 0.1) is 11.8 Å². The number of hydrogen-bond donors (Lipinski definition) is 2. The minimum absolute atomic E-state index is 0.00224. The van der Waals surface area contributed by atoms with Gasteiger partial charge in [0.1, 0.15) is 5.78 Å². The highest BCUT2D eigenvalue weighted by atomic mass is 16.5. The van der Waals surface area contributed by atoms with E-state index in [1.807, 2.05) is 20.8 Å². The van der Waals surface area contributed by atoms with E-state index in [2.05, 4.69) is 10.6 Å². The summed E-state index contributed by atoms with van der Waals surface area (Å²) in [4.78, 5) is 35.0. The molecule has 2 amide bonds. The van der Waals surface area contributed by atoms with Gasteiger partial charge in [0.2, 0.25) is 11.8 Å². The van der Waals surface area contributed by atoms with Crippen LogP contribution in [0.4, 0.5) is 0 Å². The Morgan fingerprint density at radius 2 is 1.59 bits per heavy atom. The third-order valence-corrected chi connectivity index (χ3v) is 4.81. The second kappa shape index (κ2) is 13.7. The van der Waals surface area contributed by atoms with E-state index < -0.39 is 0 Å². The molecule has 0 aliphatic heterocycles. The highest BCUT2D eigenvalue weighted by Crippen LogP contribution is 2.25. The zero-order chi connectivity index (χ0) is 20.1. The van der Waals surface area contributed by atoms with Gasteiger partial charge in [-0.1, -0.05) is 20.8 Å². The topological polar surface area (TPSA) is 93.7 Å². The van der Waals surface area contributed by atoms with E-state index in [1.165, 1.54) is 0 Å². The Bertz CT molecular complexity index is 459. The molecule has 2 N–H and O–H groups in total. The molecule has 0 atom stereocenters. The van der Waals surface area contributed by atoms with E-state index in [-0.39, 0.29) is 29.7 Å². The predicted molar refractivity (Wildman–Crippen MR) is 103 cm³/mol. The lowest BCUT2D eigenvalue weighted by Crippen LogP contribution is -2.39. The maximum absolute atomic E-state index is 11.9. The lowest BCUT2D eigenvalue weighted by Gasteiger charge is -2.28. The van der Waals surface area contributed by atoms with E-state index in [1.54, 1.807) is 0 Å². The Hall–Kier alpha value is -1.47. The van der Waals surface area contributed by atoms with Crippen molar-refractivity contribution in [2.75, 3.05) is 33.0 Å². The van der Waals surface area contributed by atoms with Gasteiger partial charge in [-0.2, -0.15) is 0 Å². The maximum atomic E-state index is 11.9. The number of nitrogens with one attached hydrogen (secondary N) is 2. The number of Topliss-reactive ketones (excluding diaryl/α,β-unsaturated/α-hetero) is 1. The van der Waals surface area contributed by atoms with Crippen LogP contribution in [0.5, 0.6) is 0 Å². The first kappa shape index (κ1) is 23.6. The molecule has 156 valence electrons. The first-order valence-electron chi connectivity index (χ1n) is 10.2. The summed E-state index contributed by atoms with van der Waals surface area (Å²) in [7, 11) is 0. The van der Waals surface area contributed by atoms with Crippen LogP contribution in [0.1, 0.15) is 59.3 Å². The Morgan fingerprint density at radius 1 is 0.963 bits per heavy atom. The van der Waals surface area contributed by atoms with E-state index in [4.69, 9.17) is 9.47 Å². The summed E-state index contributed by atoms with van der Waals surface area (Å²) in [5.41, 5.74) is 0. The highest BCUT2D eigenvalue weighted by molar-refractivity contribution is 5.81. The molecule has 0 aromatic rings. The van der Waals surface area contributed by atoms with E-state index in [9.17, 15) is 14.4 Å². The van der Waals surface area contributed by atoms with Gasteiger partial charge in [-0.3, -0.25) is 14.4 Å². The Morgan fingerprint density at radius 3 is 2.19 bits per heavy atom. The van der Waals surface area contributed by atoms with Crippen molar-refractivity contribution in [3.05, 3.63) is 0 Å². The van der Waals surface area contributed by atoms with Crippen molar-refractivity contribution in [1.29, 1.82) is 0 Å². The average molecular weight is 385 g/mol. The van der Waals surface area contributed by atoms with Crippen molar-refractivity contribution in [3.8, 4) is 0 Å². The summed E-state index contributed by atoms with van der Waals surface area (Å²) in [5.74, 6) is 0.528. The number of amides is 2. The third kappa shape index (κ3) is 10.4. The maximum Gasteiger partial charge on any atom is 0.222 e. The number of hydrogen-bond acceptors (Lipinski definition) is 5. The minimum atomic E-state index is -0.0200. The molecule has 1 rings (SSSR count). The monoisotopic (exact) mass is 384 g/mol. The van der Waals surface area contributed by atoms with Crippen molar-refractivity contribution in [1.82, 2.24) is 10.6 Å². The van der Waals surface area contributed by atoms with Crippen LogP contribution < -0.4 is 10.6 Å². The van der Waals surface area contributed by atoms with Crippen LogP contribution in [0.25, 0.3) is 0 Å². The van der Waals surface area contributed by atoms with Gasteiger partial charge >= 0.3 is 0 Å². The second-order valence-corrected chi connectivity index (χ2v) is 7.36. The molecule has 0 aromatic heterocycles. The molecule has 1 fully saturated rings. The van der Waals surface area contributed by atoms with Crippen molar-refractivity contribution in [2.24, 2.45) is 11.8 Å². The smallest absolute Gasteiger partial charge is 0.222 e. The SMILES string of the molecule is CCC(=O)C1CCC(NC(=O)CCOCCOCCNC(=O)C(C)C)CC1. The van der Waals surface area contributed by atoms with Gasteiger partial charge in [-0.05, 0) is 25.7 Å². The molecule has 0 unspecified atom stereocenters. The minimum Gasteiger partial charge on any atom is -0.379 e. The second-order valence-electron chi connectivity index (χ2n) is 7.36. The highest BCUT2D eigenvalue weighted by Gasteiger charge is 2.25. The normalized spacial score (nSPS) is 19.7. The van der Waals surface area contributed by atoms with E-state index in [0.717, 1.165) is 25.7 Å². The molecule has 1 aliphatic rings. The standard InChI is InChI=1S/C20H36N2O5/c1-4-18(23)16-5-7-17(8-6-16)22-19(24)9-11-26-13-14-27-12-10-21-20(25)15(2)3/h15-17H,4-14H2,1-3H3,(H,21,25)(H,22,24). The van der Waals surface area contributed by atoms with Gasteiger partial charge in [-0.25, -0.2) is 0 Å². The Balaban J connectivity index is 1.95. The van der Waals surface area contributed by atoms with Crippen molar-refractivity contribution in [3.63, 3.8) is 0 Å². The van der Waals surface area contributed by atoms with Crippen LogP contribution in [-0.4, -0.2) is 56.6 Å². The molecule has 27 heavy (non-hydrogen) atoms. The third-order valence-electron chi connectivity index (χ3n) is 4.81. The van der Waals surface area contributed by atoms with Crippen LogP contribution in [-0.2, 0) is 23.9 Å². The zero-order valence-corrected chi connectivity index (χ0v) is 17.1. The zero-order valence-electron chi connectivity index (χ0n) is 17.1. The van der Waals surface area contributed by atoms with Gasteiger partial charge < -0.3 is 20.1 Å². The summed E-state index contributed by atoms with van der Waals surface area (Å²) in [5, 5.41) is 5.81. The predicted octanol–water partition coefficient (Wildman–Crippen LogP) is 1.84. The van der Waals surface area contributed by atoms with Gasteiger partial charge in [0, 0.05) is 37.3 Å². The quantitative estimate of drug-likeness (QED) is 0.473. The van der Waals surface area contributed by atoms with Crippen LogP contribution in [0.2, 0.25) is 0 Å². The molecule has 1 saturated carbocycles. The first-order chi connectivity index (χ1) is 12.9. The van der Waals surface area contributed by atoms with Gasteiger partial charge in [0.15, 0.2) is 0 Å². The number of ketones is 1. The fourth-order valence-corrected chi connectivity index (χ4v) is 3.09. The number of carbonyl (C=O) groups is 3. The van der Waals surface area contributed by atoms with Crippen molar-refractivity contribution < 1.29 is 23.9 Å². The van der Waals surface area contributed by atoms with Gasteiger partial charge in [0.05, 0.1) is 26.4 Å². The van der Waals surface area contributed by atoms with Gasteiger partial charge in [0.25, 0.3) is 0 Å². The summed E-state index contributed by atoms with van der Waals surface area (Å²) in [6.07, 6.45) is 4.45. The van der Waals surface area contributed by atoms with Crippen LogP contribution in [0.3, 0.4) is 0 Å². The molecular formula is C20H36N2O5. The molecule has 0 spiro atoms. The van der Waals surface area contributed by atoms with Crippen LogP contribution in [0.15, 0.2) is 0 Å².